The first-order chi connectivity index (χ1) is 10.4. The molecule has 0 unspecified atom stereocenters. The average Bonchev–Trinajstić information content (AvgIpc) is 2.48. The zero-order valence-corrected chi connectivity index (χ0v) is 13.3. The van der Waals surface area contributed by atoms with Gasteiger partial charge in [-0.05, 0) is 61.4 Å². The Bertz CT molecular complexity index is 742. The van der Waals surface area contributed by atoms with Crippen LogP contribution in [0.4, 0.5) is 4.39 Å². The fraction of sp³-hybridized carbons (Fsp3) is 0.250. The van der Waals surface area contributed by atoms with Gasteiger partial charge in [-0.3, -0.25) is 0 Å². The molecular weight excluding hydrogens is 305 g/mol. The van der Waals surface area contributed by atoms with Crippen LogP contribution in [0, 0.1) is 19.7 Å². The minimum Gasteiger partial charge on any atom is -0.492 e. The third-order valence-corrected chi connectivity index (χ3v) is 4.74. The van der Waals surface area contributed by atoms with Gasteiger partial charge in [0.1, 0.15) is 18.2 Å². The standard InChI is InChI=1S/C16H18FNO3S/c1-12-3-6-15(11-13(12)2)21-10-9-18-22(19,20)16-7-4-14(17)5-8-16/h3-8,11,18H,9-10H2,1-2H3. The van der Waals surface area contributed by atoms with Crippen molar-refractivity contribution in [2.24, 2.45) is 0 Å². The van der Waals surface area contributed by atoms with Gasteiger partial charge >= 0.3 is 0 Å². The van der Waals surface area contributed by atoms with E-state index in [1.54, 1.807) is 0 Å². The molecule has 0 aliphatic heterocycles. The van der Waals surface area contributed by atoms with Gasteiger partial charge in [-0.2, -0.15) is 0 Å². The molecular formula is C16H18FNO3S. The van der Waals surface area contributed by atoms with Crippen molar-refractivity contribution in [1.82, 2.24) is 4.72 Å². The highest BCUT2D eigenvalue weighted by Gasteiger charge is 2.13. The van der Waals surface area contributed by atoms with Crippen molar-refractivity contribution in [2.75, 3.05) is 13.2 Å². The summed E-state index contributed by atoms with van der Waals surface area (Å²) in [5, 5.41) is 0. The zero-order valence-electron chi connectivity index (χ0n) is 12.5. The largest absolute Gasteiger partial charge is 0.492 e. The molecule has 1 N–H and O–H groups in total. The lowest BCUT2D eigenvalue weighted by atomic mass is 10.1. The second-order valence-corrected chi connectivity index (χ2v) is 6.71. The molecule has 0 saturated heterocycles. The number of sulfonamides is 1. The number of aryl methyl sites for hydroxylation is 2. The van der Waals surface area contributed by atoms with Gasteiger partial charge in [-0.25, -0.2) is 17.5 Å². The molecule has 0 aromatic heterocycles. The Balaban J connectivity index is 1.87. The number of benzene rings is 2. The Labute approximate surface area is 130 Å². The Kier molecular flexibility index (Phi) is 5.15. The van der Waals surface area contributed by atoms with Crippen LogP contribution in [0.3, 0.4) is 0 Å². The molecule has 22 heavy (non-hydrogen) atoms. The van der Waals surface area contributed by atoms with Crippen LogP contribution in [0.15, 0.2) is 47.4 Å². The predicted octanol–water partition coefficient (Wildman–Crippen LogP) is 2.80. The molecule has 118 valence electrons. The van der Waals surface area contributed by atoms with E-state index in [1.165, 1.54) is 17.7 Å². The van der Waals surface area contributed by atoms with E-state index in [2.05, 4.69) is 4.72 Å². The molecule has 0 saturated carbocycles. The van der Waals surface area contributed by atoms with E-state index in [9.17, 15) is 12.8 Å². The number of nitrogens with one attached hydrogen (secondary N) is 1. The Morgan fingerprint density at radius 2 is 1.73 bits per heavy atom. The molecule has 2 rings (SSSR count). The number of halogens is 1. The van der Waals surface area contributed by atoms with E-state index in [0.717, 1.165) is 17.7 Å². The normalized spacial score (nSPS) is 11.4. The van der Waals surface area contributed by atoms with Gasteiger partial charge in [-0.1, -0.05) is 6.07 Å². The topological polar surface area (TPSA) is 55.4 Å². The predicted molar refractivity (Wildman–Crippen MR) is 83.0 cm³/mol. The summed E-state index contributed by atoms with van der Waals surface area (Å²) in [6.07, 6.45) is 0. The van der Waals surface area contributed by atoms with Gasteiger partial charge in [0.05, 0.1) is 4.90 Å². The highest BCUT2D eigenvalue weighted by Crippen LogP contribution is 2.16. The maximum Gasteiger partial charge on any atom is 0.240 e. The van der Waals surface area contributed by atoms with E-state index in [4.69, 9.17) is 4.74 Å². The minimum atomic E-state index is -3.64. The second-order valence-electron chi connectivity index (χ2n) is 4.95. The van der Waals surface area contributed by atoms with Crippen LogP contribution in [0.5, 0.6) is 5.75 Å². The van der Waals surface area contributed by atoms with Gasteiger partial charge in [0.15, 0.2) is 0 Å². The molecule has 2 aromatic rings. The van der Waals surface area contributed by atoms with Crippen LogP contribution in [-0.4, -0.2) is 21.6 Å². The van der Waals surface area contributed by atoms with Crippen molar-refractivity contribution in [3.8, 4) is 5.75 Å². The van der Waals surface area contributed by atoms with E-state index in [1.807, 2.05) is 32.0 Å². The van der Waals surface area contributed by atoms with Crippen LogP contribution in [0.1, 0.15) is 11.1 Å². The SMILES string of the molecule is Cc1ccc(OCCNS(=O)(=O)c2ccc(F)cc2)cc1C. The smallest absolute Gasteiger partial charge is 0.240 e. The summed E-state index contributed by atoms with van der Waals surface area (Å²) in [6.45, 7) is 4.34. The van der Waals surface area contributed by atoms with Crippen LogP contribution in [0.25, 0.3) is 0 Å². The highest BCUT2D eigenvalue weighted by molar-refractivity contribution is 7.89. The first-order valence-electron chi connectivity index (χ1n) is 6.84. The Morgan fingerprint density at radius 3 is 2.36 bits per heavy atom. The summed E-state index contributed by atoms with van der Waals surface area (Å²) in [5.41, 5.74) is 2.29. The zero-order chi connectivity index (χ0) is 16.2. The minimum absolute atomic E-state index is 0.0279. The summed E-state index contributed by atoms with van der Waals surface area (Å²) in [4.78, 5) is 0.0279. The van der Waals surface area contributed by atoms with E-state index >= 15 is 0 Å². The third kappa shape index (κ3) is 4.29. The number of hydrogen-bond donors (Lipinski definition) is 1. The van der Waals surface area contributed by atoms with Crippen LogP contribution >= 0.6 is 0 Å². The van der Waals surface area contributed by atoms with Gasteiger partial charge < -0.3 is 4.74 Å². The van der Waals surface area contributed by atoms with E-state index in [0.29, 0.717) is 5.75 Å². The maximum atomic E-state index is 12.8. The molecule has 2 aromatic carbocycles. The van der Waals surface area contributed by atoms with Crippen LogP contribution in [0.2, 0.25) is 0 Å². The monoisotopic (exact) mass is 323 g/mol. The number of rotatable bonds is 6. The first-order valence-corrected chi connectivity index (χ1v) is 8.32. The quantitative estimate of drug-likeness (QED) is 0.832. The molecule has 0 radical (unpaired) electrons. The van der Waals surface area contributed by atoms with Crippen LogP contribution < -0.4 is 9.46 Å². The van der Waals surface area contributed by atoms with Gasteiger partial charge in [0.2, 0.25) is 10.0 Å². The summed E-state index contributed by atoms with van der Waals surface area (Å²) in [5.74, 6) is 0.223. The molecule has 0 heterocycles. The van der Waals surface area contributed by atoms with Gasteiger partial charge in [0, 0.05) is 6.54 Å². The van der Waals surface area contributed by atoms with Crippen molar-refractivity contribution in [3.63, 3.8) is 0 Å². The summed E-state index contributed by atoms with van der Waals surface area (Å²) < 4.78 is 44.6. The average molecular weight is 323 g/mol. The number of hydrogen-bond acceptors (Lipinski definition) is 3. The maximum absolute atomic E-state index is 12.8. The fourth-order valence-corrected chi connectivity index (χ4v) is 2.86. The highest BCUT2D eigenvalue weighted by atomic mass is 32.2. The van der Waals surface area contributed by atoms with Crippen molar-refractivity contribution >= 4 is 10.0 Å². The Morgan fingerprint density at radius 1 is 1.05 bits per heavy atom. The van der Waals surface area contributed by atoms with Crippen LogP contribution in [-0.2, 0) is 10.0 Å². The second kappa shape index (κ2) is 6.89. The molecule has 0 amide bonds. The molecule has 6 heteroatoms. The number of ether oxygens (including phenoxy) is 1. The summed E-state index contributed by atoms with van der Waals surface area (Å²) >= 11 is 0. The molecule has 0 aliphatic carbocycles. The van der Waals surface area contributed by atoms with Crippen molar-refractivity contribution < 1.29 is 17.5 Å². The van der Waals surface area contributed by atoms with Gasteiger partial charge in [-0.15, -0.1) is 0 Å². The van der Waals surface area contributed by atoms with Crippen molar-refractivity contribution in [3.05, 3.63) is 59.4 Å². The molecule has 0 fully saturated rings. The first kappa shape index (κ1) is 16.5. The molecule has 0 spiro atoms. The molecule has 0 aliphatic rings. The summed E-state index contributed by atoms with van der Waals surface area (Å²) in [7, 11) is -3.64. The molecule has 0 atom stereocenters. The van der Waals surface area contributed by atoms with Gasteiger partial charge in [0.25, 0.3) is 0 Å². The van der Waals surface area contributed by atoms with Crippen molar-refractivity contribution in [2.45, 2.75) is 18.7 Å². The lowest BCUT2D eigenvalue weighted by Crippen LogP contribution is -2.28. The van der Waals surface area contributed by atoms with E-state index in [-0.39, 0.29) is 18.0 Å². The summed E-state index contributed by atoms with van der Waals surface area (Å²) in [6, 6.07) is 10.4. The third-order valence-electron chi connectivity index (χ3n) is 3.27. The lowest BCUT2D eigenvalue weighted by Gasteiger charge is -2.10. The fourth-order valence-electron chi connectivity index (χ4n) is 1.85. The molecule has 4 nitrogen and oxygen atoms in total. The van der Waals surface area contributed by atoms with E-state index < -0.39 is 15.8 Å². The molecule has 0 bridgehead atoms. The van der Waals surface area contributed by atoms with Crippen molar-refractivity contribution in [1.29, 1.82) is 0 Å². The Hall–Kier alpha value is -1.92. The lowest BCUT2D eigenvalue weighted by molar-refractivity contribution is 0.322.